The largest absolute Gasteiger partial charge is 0.495 e. The Morgan fingerprint density at radius 3 is 2.75 bits per heavy atom. The summed E-state index contributed by atoms with van der Waals surface area (Å²) >= 11 is 1.39. The van der Waals surface area contributed by atoms with Gasteiger partial charge in [-0.15, -0.1) is 0 Å². The van der Waals surface area contributed by atoms with Gasteiger partial charge in [0.1, 0.15) is 11.5 Å². The number of thioether (sulfide) groups is 1. The number of fused-ring (bicyclic) bond motifs is 1. The van der Waals surface area contributed by atoms with E-state index in [-0.39, 0.29) is 16.6 Å². The molecule has 0 N–H and O–H groups in total. The van der Waals surface area contributed by atoms with Crippen LogP contribution in [0, 0.1) is 6.92 Å². The fourth-order valence-electron chi connectivity index (χ4n) is 3.58. The van der Waals surface area contributed by atoms with Crippen LogP contribution in [0.5, 0.6) is 5.75 Å². The van der Waals surface area contributed by atoms with E-state index in [0.717, 1.165) is 24.8 Å². The van der Waals surface area contributed by atoms with Gasteiger partial charge in [0.05, 0.1) is 29.0 Å². The minimum atomic E-state index is -0.163. The van der Waals surface area contributed by atoms with E-state index in [1.165, 1.54) is 11.8 Å². The van der Waals surface area contributed by atoms with Crippen LogP contribution >= 0.6 is 11.8 Å². The van der Waals surface area contributed by atoms with E-state index in [1.807, 2.05) is 43.3 Å². The van der Waals surface area contributed by atoms with Crippen LogP contribution in [0.1, 0.15) is 31.2 Å². The minimum Gasteiger partial charge on any atom is -0.495 e. The molecular weight excluding hydrogens is 372 g/mol. The number of aromatic nitrogens is 2. The zero-order valence-electron chi connectivity index (χ0n) is 16.0. The first-order valence-electron chi connectivity index (χ1n) is 9.44. The maximum Gasteiger partial charge on any atom is 0.266 e. The van der Waals surface area contributed by atoms with Crippen molar-refractivity contribution in [3.8, 4) is 11.4 Å². The Morgan fingerprint density at radius 1 is 1.14 bits per heavy atom. The summed E-state index contributed by atoms with van der Waals surface area (Å²) in [6, 6.07) is 13.0. The highest BCUT2D eigenvalue weighted by atomic mass is 32.2. The monoisotopic (exact) mass is 394 g/mol. The van der Waals surface area contributed by atoms with Crippen molar-refractivity contribution < 1.29 is 9.53 Å². The van der Waals surface area contributed by atoms with Crippen molar-refractivity contribution in [3.05, 3.63) is 58.4 Å². The van der Waals surface area contributed by atoms with Gasteiger partial charge in [-0.3, -0.25) is 14.2 Å². The average molecular weight is 394 g/mol. The van der Waals surface area contributed by atoms with Crippen LogP contribution in [0.25, 0.3) is 16.6 Å². The molecule has 1 saturated carbocycles. The third-order valence-electron chi connectivity index (χ3n) is 5.07. The molecule has 144 valence electrons. The zero-order chi connectivity index (χ0) is 19.7. The van der Waals surface area contributed by atoms with Gasteiger partial charge in [-0.05, 0) is 49.6 Å². The first kappa shape index (κ1) is 18.7. The molecule has 0 aliphatic heterocycles. The molecule has 0 amide bonds. The Kier molecular flexibility index (Phi) is 5.22. The number of carbonyl (C=O) groups is 1. The minimum absolute atomic E-state index is 0.153. The number of para-hydroxylation sites is 1. The topological polar surface area (TPSA) is 61.2 Å². The van der Waals surface area contributed by atoms with Crippen molar-refractivity contribution in [2.75, 3.05) is 7.11 Å². The molecule has 28 heavy (non-hydrogen) atoms. The SMILES string of the molecule is COc1ccc(C)cc1-n1c(S[C@@H]2CCCCC2=O)nc2ccccc2c1=O. The van der Waals surface area contributed by atoms with E-state index in [9.17, 15) is 9.59 Å². The lowest BCUT2D eigenvalue weighted by atomic mass is 9.99. The van der Waals surface area contributed by atoms with Gasteiger partial charge in [-0.1, -0.05) is 36.4 Å². The van der Waals surface area contributed by atoms with E-state index in [4.69, 9.17) is 9.72 Å². The van der Waals surface area contributed by atoms with Crippen LogP contribution in [0.3, 0.4) is 0 Å². The number of ketones is 1. The van der Waals surface area contributed by atoms with Gasteiger partial charge in [0, 0.05) is 6.42 Å². The lowest BCUT2D eigenvalue weighted by molar-refractivity contribution is -0.119. The second-order valence-corrected chi connectivity index (χ2v) is 8.22. The van der Waals surface area contributed by atoms with E-state index in [2.05, 4.69) is 0 Å². The highest BCUT2D eigenvalue weighted by Crippen LogP contribution is 2.34. The van der Waals surface area contributed by atoms with Crippen molar-refractivity contribution >= 4 is 28.4 Å². The normalized spacial score (nSPS) is 17.1. The van der Waals surface area contributed by atoms with Crippen LogP contribution in [-0.4, -0.2) is 27.7 Å². The molecule has 0 saturated heterocycles. The number of benzene rings is 2. The molecule has 4 rings (SSSR count). The number of ether oxygens (including phenoxy) is 1. The Labute approximate surface area is 167 Å². The Hall–Kier alpha value is -2.60. The van der Waals surface area contributed by atoms with Crippen LogP contribution in [0.4, 0.5) is 0 Å². The third-order valence-corrected chi connectivity index (χ3v) is 6.33. The van der Waals surface area contributed by atoms with Gasteiger partial charge >= 0.3 is 0 Å². The van der Waals surface area contributed by atoms with Crippen LogP contribution in [0.2, 0.25) is 0 Å². The highest BCUT2D eigenvalue weighted by molar-refractivity contribution is 8.00. The molecular formula is C22H22N2O3S. The van der Waals surface area contributed by atoms with Crippen LogP contribution < -0.4 is 10.3 Å². The van der Waals surface area contributed by atoms with Gasteiger partial charge < -0.3 is 4.74 Å². The number of hydrogen-bond donors (Lipinski definition) is 0. The number of methoxy groups -OCH3 is 1. The maximum atomic E-state index is 13.4. The predicted octanol–water partition coefficient (Wildman–Crippen LogP) is 4.31. The molecule has 1 aliphatic rings. The van der Waals surface area contributed by atoms with E-state index < -0.39 is 0 Å². The highest BCUT2D eigenvalue weighted by Gasteiger charge is 2.26. The van der Waals surface area contributed by atoms with Gasteiger partial charge in [-0.2, -0.15) is 0 Å². The number of aryl methyl sites for hydroxylation is 1. The molecule has 5 nitrogen and oxygen atoms in total. The maximum absolute atomic E-state index is 13.4. The second-order valence-electron chi connectivity index (χ2n) is 7.05. The van der Waals surface area contributed by atoms with Gasteiger partial charge in [0.2, 0.25) is 0 Å². The van der Waals surface area contributed by atoms with E-state index in [0.29, 0.717) is 33.9 Å². The Bertz CT molecular complexity index is 1110. The molecule has 0 spiro atoms. The molecule has 1 aliphatic carbocycles. The molecule has 3 aromatic rings. The molecule has 6 heteroatoms. The Balaban J connectivity index is 1.95. The summed E-state index contributed by atoms with van der Waals surface area (Å²) in [5.41, 5.74) is 2.15. The number of rotatable bonds is 4. The number of hydrogen-bond acceptors (Lipinski definition) is 5. The molecule has 1 aromatic heterocycles. The van der Waals surface area contributed by atoms with Crippen molar-refractivity contribution in [3.63, 3.8) is 0 Å². The zero-order valence-corrected chi connectivity index (χ0v) is 16.8. The molecule has 1 heterocycles. The first-order chi connectivity index (χ1) is 13.6. The predicted molar refractivity (Wildman–Crippen MR) is 112 cm³/mol. The lowest BCUT2D eigenvalue weighted by Crippen LogP contribution is -2.26. The average Bonchev–Trinajstić information content (AvgIpc) is 2.70. The quantitative estimate of drug-likeness (QED) is 0.617. The van der Waals surface area contributed by atoms with Gasteiger partial charge in [0.15, 0.2) is 5.16 Å². The fourth-order valence-corrected chi connectivity index (χ4v) is 4.81. The number of carbonyl (C=O) groups excluding carboxylic acids is 1. The summed E-state index contributed by atoms with van der Waals surface area (Å²) in [7, 11) is 1.59. The number of Topliss-reactive ketones (excluding diaryl/α,β-unsaturated/α-hetero) is 1. The van der Waals surface area contributed by atoms with Crippen LogP contribution in [0.15, 0.2) is 52.4 Å². The Morgan fingerprint density at radius 2 is 1.96 bits per heavy atom. The smallest absolute Gasteiger partial charge is 0.266 e. The van der Waals surface area contributed by atoms with Crippen LogP contribution in [-0.2, 0) is 4.79 Å². The van der Waals surface area contributed by atoms with Crippen molar-refractivity contribution in [1.82, 2.24) is 9.55 Å². The molecule has 1 fully saturated rings. The summed E-state index contributed by atoms with van der Waals surface area (Å²) in [5.74, 6) is 0.836. The number of nitrogens with zero attached hydrogens (tertiary/aromatic N) is 2. The van der Waals surface area contributed by atoms with Gasteiger partial charge in [-0.25, -0.2) is 4.98 Å². The molecule has 0 bridgehead atoms. The third kappa shape index (κ3) is 3.44. The molecule has 1 atom stereocenters. The standard InChI is InChI=1S/C22H22N2O3S/c1-14-11-12-19(27-2)17(13-14)24-21(26)15-7-3-4-8-16(15)23-22(24)28-20-10-6-5-9-18(20)25/h3-4,7-8,11-13,20H,5-6,9-10H2,1-2H3/t20-/m1/s1. The summed E-state index contributed by atoms with van der Waals surface area (Å²) in [6.45, 7) is 1.97. The summed E-state index contributed by atoms with van der Waals surface area (Å²) in [6.07, 6.45) is 3.38. The summed E-state index contributed by atoms with van der Waals surface area (Å²) in [5, 5.41) is 0.919. The molecule has 0 unspecified atom stereocenters. The summed E-state index contributed by atoms with van der Waals surface area (Å²) in [4.78, 5) is 30.6. The van der Waals surface area contributed by atoms with Crippen molar-refractivity contribution in [2.45, 2.75) is 43.0 Å². The van der Waals surface area contributed by atoms with E-state index >= 15 is 0 Å². The molecule has 0 radical (unpaired) electrons. The molecule has 2 aromatic carbocycles. The first-order valence-corrected chi connectivity index (χ1v) is 10.3. The van der Waals surface area contributed by atoms with Crippen molar-refractivity contribution in [2.24, 2.45) is 0 Å². The summed E-state index contributed by atoms with van der Waals surface area (Å²) < 4.78 is 7.12. The fraction of sp³-hybridized carbons (Fsp3) is 0.318. The van der Waals surface area contributed by atoms with E-state index in [1.54, 1.807) is 17.7 Å². The van der Waals surface area contributed by atoms with Crippen molar-refractivity contribution in [1.29, 1.82) is 0 Å². The second kappa shape index (κ2) is 7.80. The van der Waals surface area contributed by atoms with Gasteiger partial charge in [0.25, 0.3) is 5.56 Å². The lowest BCUT2D eigenvalue weighted by Gasteiger charge is -2.22.